The molecule has 0 saturated heterocycles. The molecule has 1 amide bonds. The van der Waals surface area contributed by atoms with Crippen LogP contribution in [0.5, 0.6) is 0 Å². The van der Waals surface area contributed by atoms with Gasteiger partial charge < -0.3 is 5.32 Å². The Labute approximate surface area is 159 Å². The number of benzene rings is 3. The normalized spacial score (nSPS) is 15.1. The van der Waals surface area contributed by atoms with Crippen LogP contribution in [0.1, 0.15) is 36.0 Å². The van der Waals surface area contributed by atoms with Crippen LogP contribution in [0.25, 0.3) is 10.8 Å². The summed E-state index contributed by atoms with van der Waals surface area (Å²) in [7, 11) is -3.35. The molecule has 1 saturated carbocycles. The van der Waals surface area contributed by atoms with Crippen LogP contribution in [0.2, 0.25) is 0 Å². The van der Waals surface area contributed by atoms with Gasteiger partial charge in [-0.15, -0.1) is 0 Å². The van der Waals surface area contributed by atoms with Crippen molar-refractivity contribution < 1.29 is 13.2 Å². The minimum atomic E-state index is -3.35. The molecule has 27 heavy (non-hydrogen) atoms. The second kappa shape index (κ2) is 7.16. The second-order valence-electron chi connectivity index (χ2n) is 6.96. The van der Waals surface area contributed by atoms with Gasteiger partial charge in [-0.1, -0.05) is 55.3 Å². The van der Waals surface area contributed by atoms with Crippen LogP contribution in [0.4, 0.5) is 5.69 Å². The lowest BCUT2D eigenvalue weighted by Crippen LogP contribution is -2.18. The molecule has 0 unspecified atom stereocenters. The van der Waals surface area contributed by atoms with E-state index >= 15 is 0 Å². The lowest BCUT2D eigenvalue weighted by molar-refractivity contribution is 0.102. The molecule has 1 aliphatic carbocycles. The van der Waals surface area contributed by atoms with Crippen LogP contribution in [0, 0.1) is 0 Å². The minimum Gasteiger partial charge on any atom is -0.322 e. The van der Waals surface area contributed by atoms with Gasteiger partial charge in [-0.3, -0.25) is 4.79 Å². The van der Waals surface area contributed by atoms with E-state index in [-0.39, 0.29) is 16.1 Å². The lowest BCUT2D eigenvalue weighted by Gasteiger charge is -2.13. The summed E-state index contributed by atoms with van der Waals surface area (Å²) in [6, 6.07) is 19.9. The van der Waals surface area contributed by atoms with Gasteiger partial charge >= 0.3 is 0 Å². The summed E-state index contributed by atoms with van der Waals surface area (Å²) in [5.74, 6) is -0.248. The Bertz CT molecular complexity index is 1090. The molecule has 1 fully saturated rings. The number of amides is 1. The molecule has 4 nitrogen and oxygen atoms in total. The van der Waals surface area contributed by atoms with Gasteiger partial charge in [0.1, 0.15) is 0 Å². The predicted octanol–water partition coefficient (Wildman–Crippen LogP) is 4.81. The molecular formula is C22H21NO3S. The highest BCUT2D eigenvalue weighted by molar-refractivity contribution is 7.92. The first-order valence-corrected chi connectivity index (χ1v) is 10.7. The minimum absolute atomic E-state index is 0.248. The van der Waals surface area contributed by atoms with Gasteiger partial charge in [0.05, 0.1) is 10.1 Å². The molecule has 0 atom stereocenters. The van der Waals surface area contributed by atoms with E-state index in [0.29, 0.717) is 11.3 Å². The van der Waals surface area contributed by atoms with E-state index in [1.807, 2.05) is 36.4 Å². The lowest BCUT2D eigenvalue weighted by atomic mass is 10.0. The number of nitrogens with one attached hydrogen (secondary N) is 1. The van der Waals surface area contributed by atoms with Crippen LogP contribution >= 0.6 is 0 Å². The van der Waals surface area contributed by atoms with Crippen molar-refractivity contribution in [1.82, 2.24) is 0 Å². The maximum atomic E-state index is 12.8. The highest BCUT2D eigenvalue weighted by Gasteiger charge is 2.30. The van der Waals surface area contributed by atoms with Gasteiger partial charge in [-0.25, -0.2) is 8.42 Å². The summed E-state index contributed by atoms with van der Waals surface area (Å²) in [6.45, 7) is 0. The SMILES string of the molecule is O=C(Nc1cccc(S(=O)(=O)C2CCCC2)c1)c1cccc2ccccc12. The Morgan fingerprint density at radius 3 is 2.41 bits per heavy atom. The monoisotopic (exact) mass is 379 g/mol. The molecule has 138 valence electrons. The van der Waals surface area contributed by atoms with Crippen LogP contribution in [0.15, 0.2) is 71.6 Å². The summed E-state index contributed by atoms with van der Waals surface area (Å²) >= 11 is 0. The van der Waals surface area contributed by atoms with Crippen LogP contribution < -0.4 is 5.32 Å². The summed E-state index contributed by atoms with van der Waals surface area (Å²) in [5, 5.41) is 4.40. The van der Waals surface area contributed by atoms with Crippen molar-refractivity contribution in [2.24, 2.45) is 0 Å². The zero-order valence-electron chi connectivity index (χ0n) is 14.9. The van der Waals surface area contributed by atoms with Crippen LogP contribution in [0.3, 0.4) is 0 Å². The quantitative estimate of drug-likeness (QED) is 0.708. The van der Waals surface area contributed by atoms with Crippen molar-refractivity contribution >= 4 is 32.2 Å². The Balaban J connectivity index is 1.62. The number of rotatable bonds is 4. The van der Waals surface area contributed by atoms with Gasteiger partial charge in [0.15, 0.2) is 9.84 Å². The highest BCUT2D eigenvalue weighted by atomic mass is 32.2. The second-order valence-corrected chi connectivity index (χ2v) is 9.19. The standard InChI is InChI=1S/C22H21NO3S/c24-22(21-14-5-8-16-7-1-4-13-20(16)21)23-17-9-6-12-19(15-17)27(25,26)18-10-2-3-11-18/h1,4-9,12-15,18H,2-3,10-11H2,(H,23,24). The Morgan fingerprint density at radius 2 is 1.59 bits per heavy atom. The molecule has 1 aliphatic rings. The number of carbonyl (C=O) groups is 1. The fourth-order valence-corrected chi connectivity index (χ4v) is 5.66. The first-order valence-electron chi connectivity index (χ1n) is 9.19. The van der Waals surface area contributed by atoms with Gasteiger partial charge in [-0.2, -0.15) is 0 Å². The van der Waals surface area contributed by atoms with E-state index in [2.05, 4.69) is 5.32 Å². The van der Waals surface area contributed by atoms with Gasteiger partial charge in [0, 0.05) is 11.3 Å². The molecule has 3 aromatic rings. The van der Waals surface area contributed by atoms with Crippen LogP contribution in [-0.2, 0) is 9.84 Å². The summed E-state index contributed by atoms with van der Waals surface area (Å²) in [6.07, 6.45) is 3.35. The number of anilines is 1. The first-order chi connectivity index (χ1) is 13.1. The molecule has 4 rings (SSSR count). The number of hydrogen-bond acceptors (Lipinski definition) is 3. The summed E-state index contributed by atoms with van der Waals surface area (Å²) in [4.78, 5) is 13.1. The molecule has 0 aromatic heterocycles. The Hall–Kier alpha value is -2.66. The number of hydrogen-bond donors (Lipinski definition) is 1. The van der Waals surface area contributed by atoms with Crippen molar-refractivity contribution in [3.8, 4) is 0 Å². The molecular weight excluding hydrogens is 358 g/mol. The fourth-order valence-electron chi connectivity index (χ4n) is 3.76. The molecule has 0 radical (unpaired) electrons. The molecule has 1 N–H and O–H groups in total. The molecule has 0 bridgehead atoms. The largest absolute Gasteiger partial charge is 0.322 e. The number of sulfone groups is 1. The average molecular weight is 379 g/mol. The Morgan fingerprint density at radius 1 is 0.889 bits per heavy atom. The highest BCUT2D eigenvalue weighted by Crippen LogP contribution is 2.30. The number of carbonyl (C=O) groups excluding carboxylic acids is 1. The average Bonchev–Trinajstić information content (AvgIpc) is 3.23. The van der Waals surface area contributed by atoms with Gasteiger partial charge in [0.2, 0.25) is 0 Å². The van der Waals surface area contributed by atoms with Gasteiger partial charge in [0.25, 0.3) is 5.91 Å². The molecule has 3 aromatic carbocycles. The first kappa shape index (κ1) is 17.7. The summed E-state index contributed by atoms with van der Waals surface area (Å²) < 4.78 is 25.6. The van der Waals surface area contributed by atoms with E-state index in [0.717, 1.165) is 36.5 Å². The van der Waals surface area contributed by atoms with E-state index in [9.17, 15) is 13.2 Å². The predicted molar refractivity (Wildman–Crippen MR) is 108 cm³/mol. The van der Waals surface area contributed by atoms with Crippen molar-refractivity contribution in [2.45, 2.75) is 35.8 Å². The molecule has 5 heteroatoms. The van der Waals surface area contributed by atoms with Crippen molar-refractivity contribution in [2.75, 3.05) is 5.32 Å². The van der Waals surface area contributed by atoms with Gasteiger partial charge in [-0.05, 0) is 47.9 Å². The van der Waals surface area contributed by atoms with E-state index in [1.165, 1.54) is 0 Å². The zero-order chi connectivity index (χ0) is 18.9. The third-order valence-electron chi connectivity index (χ3n) is 5.20. The zero-order valence-corrected chi connectivity index (χ0v) is 15.7. The smallest absolute Gasteiger partial charge is 0.256 e. The van der Waals surface area contributed by atoms with Crippen LogP contribution in [-0.4, -0.2) is 19.6 Å². The Kier molecular flexibility index (Phi) is 4.70. The maximum Gasteiger partial charge on any atom is 0.256 e. The molecule has 0 aliphatic heterocycles. The number of fused-ring (bicyclic) bond motifs is 1. The topological polar surface area (TPSA) is 63.2 Å². The van der Waals surface area contributed by atoms with E-state index < -0.39 is 9.84 Å². The van der Waals surface area contributed by atoms with E-state index in [4.69, 9.17) is 0 Å². The maximum absolute atomic E-state index is 12.8. The van der Waals surface area contributed by atoms with Crippen molar-refractivity contribution in [3.63, 3.8) is 0 Å². The van der Waals surface area contributed by atoms with E-state index in [1.54, 1.807) is 30.3 Å². The molecule has 0 heterocycles. The summed E-state index contributed by atoms with van der Waals surface area (Å²) in [5.41, 5.74) is 1.06. The third-order valence-corrected chi connectivity index (χ3v) is 7.46. The fraction of sp³-hybridized carbons (Fsp3) is 0.227. The third kappa shape index (κ3) is 3.47. The molecule has 0 spiro atoms. The van der Waals surface area contributed by atoms with Crippen molar-refractivity contribution in [1.29, 1.82) is 0 Å². The van der Waals surface area contributed by atoms with Crippen molar-refractivity contribution in [3.05, 3.63) is 72.3 Å².